The van der Waals surface area contributed by atoms with Crippen molar-refractivity contribution in [2.24, 2.45) is 5.92 Å². The summed E-state index contributed by atoms with van der Waals surface area (Å²) < 4.78 is 8.07. The topological polar surface area (TPSA) is 56.1 Å². The lowest BCUT2D eigenvalue weighted by Crippen LogP contribution is -2.54. The monoisotopic (exact) mass is 377 g/mol. The lowest BCUT2D eigenvalue weighted by atomic mass is 9.84. The Bertz CT molecular complexity index is 449. The fourth-order valence-electron chi connectivity index (χ4n) is 3.10. The minimum Gasteiger partial charge on any atom is -0.468 e. The number of ether oxygens (including phenoxy) is 1. The van der Waals surface area contributed by atoms with E-state index in [1.165, 1.54) is 7.11 Å². The third kappa shape index (κ3) is 2.94. The smallest absolute Gasteiger partial charge is 0.326 e. The highest BCUT2D eigenvalue weighted by Gasteiger charge is 2.48. The largest absolute Gasteiger partial charge is 0.468 e. The average Bonchev–Trinajstić information content (AvgIpc) is 3.02. The third-order valence-corrected chi connectivity index (χ3v) is 4.68. The second kappa shape index (κ2) is 6.21. The first-order valence-corrected chi connectivity index (χ1v) is 7.65. The summed E-state index contributed by atoms with van der Waals surface area (Å²) in [6, 6.07) is 0. The molecule has 1 heterocycles. The number of aryl methyl sites for hydroxylation is 1. The van der Waals surface area contributed by atoms with Crippen molar-refractivity contribution in [2.75, 3.05) is 14.2 Å². The number of hydrogen-bond acceptors (Lipinski definition) is 4. The highest BCUT2D eigenvalue weighted by atomic mass is 127. The molecule has 0 spiro atoms. The molecule has 1 aliphatic rings. The van der Waals surface area contributed by atoms with Gasteiger partial charge in [0.15, 0.2) is 0 Å². The van der Waals surface area contributed by atoms with Crippen molar-refractivity contribution in [2.45, 2.75) is 37.8 Å². The number of nitrogens with one attached hydrogen (secondary N) is 1. The molecule has 0 saturated heterocycles. The van der Waals surface area contributed by atoms with Crippen molar-refractivity contribution in [1.29, 1.82) is 0 Å². The van der Waals surface area contributed by atoms with Crippen molar-refractivity contribution < 1.29 is 9.53 Å². The molecule has 19 heavy (non-hydrogen) atoms. The van der Waals surface area contributed by atoms with Crippen LogP contribution >= 0.6 is 22.6 Å². The van der Waals surface area contributed by atoms with Crippen LogP contribution in [0.4, 0.5) is 0 Å². The standard InChI is InChI=1S/C13H20IN3O2/c1-15-13(12(18)19-2)6-3-4-10(13)5-7-17-9-11(14)8-16-17/h8-10,15H,3-7H2,1-2H3. The highest BCUT2D eigenvalue weighted by Crippen LogP contribution is 2.38. The molecular formula is C13H20IN3O2. The third-order valence-electron chi connectivity index (χ3n) is 4.12. The van der Waals surface area contributed by atoms with Crippen LogP contribution in [0.3, 0.4) is 0 Å². The fourth-order valence-corrected chi connectivity index (χ4v) is 3.55. The zero-order chi connectivity index (χ0) is 13.9. The minimum atomic E-state index is -0.505. The van der Waals surface area contributed by atoms with Crippen LogP contribution in [-0.4, -0.2) is 35.4 Å². The van der Waals surface area contributed by atoms with Crippen molar-refractivity contribution in [3.05, 3.63) is 16.0 Å². The zero-order valence-corrected chi connectivity index (χ0v) is 13.5. The Balaban J connectivity index is 2.03. The number of likely N-dealkylation sites (N-methyl/N-ethyl adjacent to an activating group) is 1. The Kier molecular flexibility index (Phi) is 4.83. The second-order valence-electron chi connectivity index (χ2n) is 5.01. The van der Waals surface area contributed by atoms with Crippen LogP contribution in [0.5, 0.6) is 0 Å². The Hall–Kier alpha value is -0.630. The van der Waals surface area contributed by atoms with Gasteiger partial charge in [-0.25, -0.2) is 0 Å². The highest BCUT2D eigenvalue weighted by molar-refractivity contribution is 14.1. The van der Waals surface area contributed by atoms with Crippen LogP contribution in [0.2, 0.25) is 0 Å². The second-order valence-corrected chi connectivity index (χ2v) is 6.26. The van der Waals surface area contributed by atoms with Crippen molar-refractivity contribution in [3.8, 4) is 0 Å². The van der Waals surface area contributed by atoms with E-state index < -0.39 is 5.54 Å². The maximum absolute atomic E-state index is 12.1. The molecule has 2 atom stereocenters. The summed E-state index contributed by atoms with van der Waals surface area (Å²) in [4.78, 5) is 12.1. The van der Waals surface area contributed by atoms with E-state index in [0.717, 1.165) is 35.8 Å². The van der Waals surface area contributed by atoms with Crippen LogP contribution in [0.15, 0.2) is 12.4 Å². The Labute approximate surface area is 127 Å². The van der Waals surface area contributed by atoms with Crippen molar-refractivity contribution >= 4 is 28.6 Å². The molecule has 0 amide bonds. The molecular weight excluding hydrogens is 357 g/mol. The number of halogens is 1. The number of carbonyl (C=O) groups excluding carboxylic acids is 1. The van der Waals surface area contributed by atoms with Gasteiger partial charge in [0.05, 0.1) is 16.9 Å². The number of aromatic nitrogens is 2. The van der Waals surface area contributed by atoms with E-state index in [1.54, 1.807) is 0 Å². The molecule has 1 aromatic heterocycles. The summed E-state index contributed by atoms with van der Waals surface area (Å²) in [5.74, 6) is 0.180. The molecule has 1 fully saturated rings. The Morgan fingerprint density at radius 1 is 1.74 bits per heavy atom. The fraction of sp³-hybridized carbons (Fsp3) is 0.692. The van der Waals surface area contributed by atoms with Gasteiger partial charge in [-0.2, -0.15) is 5.10 Å². The van der Waals surface area contributed by atoms with E-state index in [0.29, 0.717) is 5.92 Å². The number of hydrogen-bond donors (Lipinski definition) is 1. The van der Waals surface area contributed by atoms with Gasteiger partial charge >= 0.3 is 5.97 Å². The molecule has 2 rings (SSSR count). The van der Waals surface area contributed by atoms with Gasteiger partial charge < -0.3 is 10.1 Å². The van der Waals surface area contributed by atoms with Gasteiger partial charge in [-0.1, -0.05) is 6.42 Å². The number of rotatable bonds is 5. The summed E-state index contributed by atoms with van der Waals surface area (Å²) >= 11 is 2.25. The first-order chi connectivity index (χ1) is 9.12. The van der Waals surface area contributed by atoms with Crippen LogP contribution in [-0.2, 0) is 16.1 Å². The normalized spacial score (nSPS) is 26.6. The minimum absolute atomic E-state index is 0.132. The first kappa shape index (κ1) is 14.8. The van der Waals surface area contributed by atoms with E-state index in [4.69, 9.17) is 4.74 Å². The average molecular weight is 377 g/mol. The van der Waals surface area contributed by atoms with Crippen molar-refractivity contribution in [3.63, 3.8) is 0 Å². The molecule has 1 N–H and O–H groups in total. The van der Waals surface area contributed by atoms with Gasteiger partial charge in [-0.05, 0) is 54.8 Å². The summed E-state index contributed by atoms with van der Waals surface area (Å²) in [6.45, 7) is 0.841. The molecule has 6 heteroatoms. The van der Waals surface area contributed by atoms with Crippen molar-refractivity contribution in [1.82, 2.24) is 15.1 Å². The van der Waals surface area contributed by atoms with E-state index >= 15 is 0 Å². The summed E-state index contributed by atoms with van der Waals surface area (Å²) in [7, 11) is 3.32. The van der Waals surface area contributed by atoms with Gasteiger partial charge in [-0.3, -0.25) is 9.48 Å². The molecule has 0 aromatic carbocycles. The van der Waals surface area contributed by atoms with Crippen LogP contribution in [0, 0.1) is 9.49 Å². The maximum Gasteiger partial charge on any atom is 0.326 e. The molecule has 5 nitrogen and oxygen atoms in total. The molecule has 1 saturated carbocycles. The SMILES string of the molecule is CNC1(C(=O)OC)CCCC1CCn1cc(I)cn1. The number of esters is 1. The first-order valence-electron chi connectivity index (χ1n) is 6.57. The van der Waals surface area contributed by atoms with Crippen LogP contribution in [0.25, 0.3) is 0 Å². The van der Waals surface area contributed by atoms with Gasteiger partial charge in [0.25, 0.3) is 0 Å². The molecule has 1 aromatic rings. The number of nitrogens with zero attached hydrogens (tertiary/aromatic N) is 2. The zero-order valence-electron chi connectivity index (χ0n) is 11.4. The number of methoxy groups -OCH3 is 1. The lowest BCUT2D eigenvalue weighted by molar-refractivity contribution is -0.150. The van der Waals surface area contributed by atoms with Crippen LogP contribution in [0.1, 0.15) is 25.7 Å². The van der Waals surface area contributed by atoms with Gasteiger partial charge in [-0.15, -0.1) is 0 Å². The van der Waals surface area contributed by atoms with Crippen LogP contribution < -0.4 is 5.32 Å². The number of carbonyl (C=O) groups is 1. The predicted octanol–water partition coefficient (Wildman–Crippen LogP) is 1.81. The summed E-state index contributed by atoms with van der Waals surface area (Å²) in [5.41, 5.74) is -0.505. The molecule has 0 aliphatic heterocycles. The Morgan fingerprint density at radius 3 is 3.11 bits per heavy atom. The molecule has 1 aliphatic carbocycles. The maximum atomic E-state index is 12.1. The van der Waals surface area contributed by atoms with E-state index in [2.05, 4.69) is 33.0 Å². The van der Waals surface area contributed by atoms with Gasteiger partial charge in [0.2, 0.25) is 0 Å². The Morgan fingerprint density at radius 2 is 2.53 bits per heavy atom. The van der Waals surface area contributed by atoms with E-state index in [9.17, 15) is 4.79 Å². The summed E-state index contributed by atoms with van der Waals surface area (Å²) in [5, 5.41) is 7.50. The van der Waals surface area contributed by atoms with E-state index in [-0.39, 0.29) is 5.97 Å². The quantitative estimate of drug-likeness (QED) is 0.628. The molecule has 0 radical (unpaired) electrons. The van der Waals surface area contributed by atoms with Gasteiger partial charge in [0.1, 0.15) is 5.54 Å². The summed E-state index contributed by atoms with van der Waals surface area (Å²) in [6.07, 6.45) is 7.80. The van der Waals surface area contributed by atoms with E-state index in [1.807, 2.05) is 24.1 Å². The molecule has 0 bridgehead atoms. The molecule has 106 valence electrons. The van der Waals surface area contributed by atoms with Gasteiger partial charge in [0, 0.05) is 12.7 Å². The predicted molar refractivity (Wildman–Crippen MR) is 80.7 cm³/mol. The molecule has 2 unspecified atom stereocenters. The lowest BCUT2D eigenvalue weighted by Gasteiger charge is -2.32.